The lowest BCUT2D eigenvalue weighted by atomic mass is 10.2. The number of carbonyl (C=O) groups excluding carboxylic acids is 1. The van der Waals surface area contributed by atoms with Gasteiger partial charge in [0.2, 0.25) is 0 Å². The van der Waals surface area contributed by atoms with Crippen LogP contribution in [0.1, 0.15) is 16.8 Å². The van der Waals surface area contributed by atoms with Crippen molar-refractivity contribution in [3.8, 4) is 0 Å². The molecule has 1 N–H and O–H groups in total. The number of benzene rings is 2. The third-order valence-corrected chi connectivity index (χ3v) is 4.47. The Hall–Kier alpha value is -1.88. The van der Waals surface area contributed by atoms with Gasteiger partial charge in [0.25, 0.3) is 5.91 Å². The van der Waals surface area contributed by atoms with E-state index in [1.807, 2.05) is 18.2 Å². The van der Waals surface area contributed by atoms with Crippen molar-refractivity contribution in [2.75, 3.05) is 18.0 Å². The van der Waals surface area contributed by atoms with Crippen LogP contribution in [-0.4, -0.2) is 25.0 Å². The number of amides is 1. The molecule has 1 aliphatic rings. The van der Waals surface area contributed by atoms with Gasteiger partial charge >= 0.3 is 0 Å². The maximum atomic E-state index is 13.2. The van der Waals surface area contributed by atoms with Crippen molar-refractivity contribution in [3.63, 3.8) is 0 Å². The quantitative estimate of drug-likeness (QED) is 0.904. The van der Waals surface area contributed by atoms with Crippen molar-refractivity contribution in [2.45, 2.75) is 12.5 Å². The Kier molecular flexibility index (Phi) is 4.43. The van der Waals surface area contributed by atoms with Crippen LogP contribution < -0.4 is 10.2 Å². The molecule has 0 bridgehead atoms. The number of nitrogens with zero attached hydrogens (tertiary/aromatic N) is 1. The molecule has 1 aliphatic heterocycles. The van der Waals surface area contributed by atoms with Crippen LogP contribution in [0, 0.1) is 5.82 Å². The van der Waals surface area contributed by atoms with E-state index in [0.717, 1.165) is 29.7 Å². The second-order valence-corrected chi connectivity index (χ2v) is 6.22. The highest BCUT2D eigenvalue weighted by molar-refractivity contribution is 9.10. The third kappa shape index (κ3) is 3.30. The molecule has 1 unspecified atom stereocenters. The minimum Gasteiger partial charge on any atom is -0.368 e. The minimum absolute atomic E-state index is 0.0721. The lowest BCUT2D eigenvalue weighted by molar-refractivity contribution is 0.0940. The molecule has 2 aromatic carbocycles. The normalized spacial score (nSPS) is 17.5. The number of hydrogen-bond donors (Lipinski definition) is 1. The zero-order chi connectivity index (χ0) is 15.5. The number of hydrogen-bond acceptors (Lipinski definition) is 2. The summed E-state index contributed by atoms with van der Waals surface area (Å²) in [5, 5.41) is 2.98. The molecule has 5 heteroatoms. The van der Waals surface area contributed by atoms with Crippen molar-refractivity contribution in [3.05, 3.63) is 64.4 Å². The highest BCUT2D eigenvalue weighted by atomic mass is 79.9. The first-order valence-electron chi connectivity index (χ1n) is 7.19. The number of para-hydroxylation sites is 1. The Morgan fingerprint density at radius 2 is 2.05 bits per heavy atom. The van der Waals surface area contributed by atoms with E-state index in [1.54, 1.807) is 12.1 Å². The minimum atomic E-state index is -0.395. The van der Waals surface area contributed by atoms with E-state index in [4.69, 9.17) is 0 Å². The molecule has 1 fully saturated rings. The third-order valence-electron chi connectivity index (χ3n) is 3.80. The summed E-state index contributed by atoms with van der Waals surface area (Å²) in [5.74, 6) is -0.618. The molecule has 1 saturated heterocycles. The molecule has 0 radical (unpaired) electrons. The van der Waals surface area contributed by atoms with Crippen LogP contribution in [0.15, 0.2) is 53.0 Å². The van der Waals surface area contributed by atoms with Gasteiger partial charge in [0.15, 0.2) is 0 Å². The van der Waals surface area contributed by atoms with Crippen LogP contribution >= 0.6 is 15.9 Å². The average molecular weight is 363 g/mol. The van der Waals surface area contributed by atoms with Gasteiger partial charge in [-0.25, -0.2) is 4.39 Å². The fourth-order valence-corrected chi connectivity index (χ4v) is 3.24. The van der Waals surface area contributed by atoms with E-state index in [2.05, 4.69) is 32.2 Å². The Morgan fingerprint density at radius 1 is 1.23 bits per heavy atom. The molecule has 22 heavy (non-hydrogen) atoms. The fraction of sp³-hybridized carbons (Fsp3) is 0.235. The summed E-state index contributed by atoms with van der Waals surface area (Å²) in [4.78, 5) is 14.4. The van der Waals surface area contributed by atoms with E-state index in [-0.39, 0.29) is 11.9 Å². The van der Waals surface area contributed by atoms with Crippen LogP contribution in [0.4, 0.5) is 10.1 Å². The summed E-state index contributed by atoms with van der Waals surface area (Å²) in [6.45, 7) is 1.64. The maximum Gasteiger partial charge on any atom is 0.251 e. The van der Waals surface area contributed by atoms with Gasteiger partial charge in [0.05, 0.1) is 5.69 Å². The van der Waals surface area contributed by atoms with Gasteiger partial charge in [-0.05, 0) is 52.7 Å². The van der Waals surface area contributed by atoms with Crippen molar-refractivity contribution >= 4 is 27.5 Å². The molecule has 3 nitrogen and oxygen atoms in total. The average Bonchev–Trinajstić information content (AvgIpc) is 2.96. The van der Waals surface area contributed by atoms with Crippen molar-refractivity contribution < 1.29 is 9.18 Å². The monoisotopic (exact) mass is 362 g/mol. The summed E-state index contributed by atoms with van der Waals surface area (Å²) in [6, 6.07) is 13.9. The molecular formula is C17H16BrFN2O. The van der Waals surface area contributed by atoms with Gasteiger partial charge in [-0.3, -0.25) is 4.79 Å². The topological polar surface area (TPSA) is 32.3 Å². The first-order valence-corrected chi connectivity index (χ1v) is 7.99. The predicted molar refractivity (Wildman–Crippen MR) is 88.6 cm³/mol. The highest BCUT2D eigenvalue weighted by Gasteiger charge is 2.25. The molecule has 2 aromatic rings. The largest absolute Gasteiger partial charge is 0.368 e. The molecular weight excluding hydrogens is 347 g/mol. The fourth-order valence-electron chi connectivity index (χ4n) is 2.70. The number of carbonyl (C=O) groups is 1. The first kappa shape index (κ1) is 15.0. The van der Waals surface area contributed by atoms with Gasteiger partial charge in [0.1, 0.15) is 5.82 Å². The summed E-state index contributed by atoms with van der Waals surface area (Å²) in [7, 11) is 0. The second-order valence-electron chi connectivity index (χ2n) is 5.37. The molecule has 0 aromatic heterocycles. The van der Waals surface area contributed by atoms with Crippen LogP contribution in [0.5, 0.6) is 0 Å². The van der Waals surface area contributed by atoms with Crippen molar-refractivity contribution in [1.29, 1.82) is 0 Å². The molecule has 0 saturated carbocycles. The molecule has 1 amide bonds. The summed E-state index contributed by atoms with van der Waals surface area (Å²) in [5.41, 5.74) is 1.49. The summed E-state index contributed by atoms with van der Waals surface area (Å²) < 4.78 is 14.2. The number of anilines is 1. The van der Waals surface area contributed by atoms with Crippen LogP contribution in [-0.2, 0) is 0 Å². The van der Waals surface area contributed by atoms with Gasteiger partial charge in [-0.1, -0.05) is 18.2 Å². The zero-order valence-electron chi connectivity index (χ0n) is 11.9. The number of nitrogens with one attached hydrogen (secondary N) is 1. The SMILES string of the molecule is O=C(NC1CCN(c2ccccc2Br)C1)c1cccc(F)c1. The molecule has 1 heterocycles. The van der Waals surface area contributed by atoms with Gasteiger partial charge in [-0.2, -0.15) is 0 Å². The van der Waals surface area contributed by atoms with E-state index in [1.165, 1.54) is 12.1 Å². The number of rotatable bonds is 3. The summed E-state index contributed by atoms with van der Waals surface area (Å²) >= 11 is 3.55. The first-order chi connectivity index (χ1) is 10.6. The van der Waals surface area contributed by atoms with Gasteiger partial charge < -0.3 is 10.2 Å². The second kappa shape index (κ2) is 6.48. The van der Waals surface area contributed by atoms with Crippen LogP contribution in [0.3, 0.4) is 0 Å². The summed E-state index contributed by atoms with van der Waals surface area (Å²) in [6.07, 6.45) is 0.877. The Labute approximate surface area is 137 Å². The van der Waals surface area contributed by atoms with Gasteiger partial charge in [0, 0.05) is 29.2 Å². The van der Waals surface area contributed by atoms with Crippen molar-refractivity contribution in [2.24, 2.45) is 0 Å². The lowest BCUT2D eigenvalue weighted by Crippen LogP contribution is -2.37. The smallest absolute Gasteiger partial charge is 0.251 e. The van der Waals surface area contributed by atoms with E-state index in [0.29, 0.717) is 5.56 Å². The Morgan fingerprint density at radius 3 is 2.82 bits per heavy atom. The van der Waals surface area contributed by atoms with E-state index >= 15 is 0 Å². The molecule has 114 valence electrons. The standard InChI is InChI=1S/C17H16BrFN2O/c18-15-6-1-2-7-16(15)21-9-8-14(11-21)20-17(22)12-4-3-5-13(19)10-12/h1-7,10,14H,8-9,11H2,(H,20,22). The Balaban J connectivity index is 1.64. The predicted octanol–water partition coefficient (Wildman–Crippen LogP) is 3.60. The molecule has 0 spiro atoms. The number of halogens is 2. The highest BCUT2D eigenvalue weighted by Crippen LogP contribution is 2.28. The maximum absolute atomic E-state index is 13.2. The van der Waals surface area contributed by atoms with E-state index < -0.39 is 5.82 Å². The molecule has 0 aliphatic carbocycles. The van der Waals surface area contributed by atoms with Crippen LogP contribution in [0.2, 0.25) is 0 Å². The van der Waals surface area contributed by atoms with Crippen molar-refractivity contribution in [1.82, 2.24) is 5.32 Å². The van der Waals surface area contributed by atoms with E-state index in [9.17, 15) is 9.18 Å². The zero-order valence-corrected chi connectivity index (χ0v) is 13.5. The molecule has 3 rings (SSSR count). The van der Waals surface area contributed by atoms with Gasteiger partial charge in [-0.15, -0.1) is 0 Å². The van der Waals surface area contributed by atoms with Crippen LogP contribution in [0.25, 0.3) is 0 Å². The Bertz CT molecular complexity index is 692. The lowest BCUT2D eigenvalue weighted by Gasteiger charge is -2.20. The molecule has 1 atom stereocenters.